The standard InChI is InChI=1S/C23H32FN3O5/c1-17(24)22(20-8-6-19(7-9-20)13-26-23(31)10-12-28)5-4-11-27(3)15-21(32-16-29)14-25-18(2)30/h4-9,16,21,28H,10-15H2,1-3H3,(H,25,30)(H,26,31)/b5-4-,22-17-. The van der Waals surface area contributed by atoms with Crippen LogP contribution in [0.3, 0.4) is 0 Å². The molecule has 0 saturated heterocycles. The first-order chi connectivity index (χ1) is 15.3. The van der Waals surface area contributed by atoms with Crippen molar-refractivity contribution in [1.29, 1.82) is 0 Å². The number of carbonyl (C=O) groups excluding carboxylic acids is 3. The number of aliphatic hydroxyl groups is 1. The van der Waals surface area contributed by atoms with Crippen molar-refractivity contribution in [2.24, 2.45) is 0 Å². The maximum absolute atomic E-state index is 14.1. The summed E-state index contributed by atoms with van der Waals surface area (Å²) in [5.41, 5.74) is 2.00. The molecule has 1 rings (SSSR count). The summed E-state index contributed by atoms with van der Waals surface area (Å²) in [6.07, 6.45) is 3.06. The van der Waals surface area contributed by atoms with Gasteiger partial charge in [0.1, 0.15) is 11.9 Å². The lowest BCUT2D eigenvalue weighted by atomic mass is 10.0. The number of aliphatic hydroxyl groups excluding tert-OH is 1. The number of nitrogens with zero attached hydrogens (tertiary/aromatic N) is 1. The lowest BCUT2D eigenvalue weighted by Crippen LogP contribution is -2.39. The zero-order valence-electron chi connectivity index (χ0n) is 18.8. The number of carbonyl (C=O) groups is 3. The Bertz CT molecular complexity index is 804. The van der Waals surface area contributed by atoms with E-state index in [1.165, 1.54) is 13.8 Å². The molecule has 32 heavy (non-hydrogen) atoms. The molecule has 0 heterocycles. The molecule has 176 valence electrons. The average Bonchev–Trinajstić information content (AvgIpc) is 2.74. The van der Waals surface area contributed by atoms with E-state index < -0.39 is 6.10 Å². The number of halogens is 1. The quantitative estimate of drug-likeness (QED) is 0.294. The number of allylic oxidation sites excluding steroid dienone is 3. The second-order valence-corrected chi connectivity index (χ2v) is 7.31. The van der Waals surface area contributed by atoms with Crippen LogP contribution in [0, 0.1) is 0 Å². The van der Waals surface area contributed by atoms with Crippen LogP contribution < -0.4 is 10.6 Å². The minimum Gasteiger partial charge on any atom is -0.461 e. The summed E-state index contributed by atoms with van der Waals surface area (Å²) in [5.74, 6) is -0.777. The maximum Gasteiger partial charge on any atom is 0.293 e. The third-order valence-corrected chi connectivity index (χ3v) is 4.51. The Balaban J connectivity index is 2.68. The number of benzene rings is 1. The Morgan fingerprint density at radius 3 is 2.47 bits per heavy atom. The zero-order valence-corrected chi connectivity index (χ0v) is 18.8. The van der Waals surface area contributed by atoms with E-state index in [1.54, 1.807) is 36.4 Å². The smallest absolute Gasteiger partial charge is 0.293 e. The zero-order chi connectivity index (χ0) is 23.9. The second-order valence-electron chi connectivity index (χ2n) is 7.31. The van der Waals surface area contributed by atoms with E-state index in [4.69, 9.17) is 9.84 Å². The van der Waals surface area contributed by atoms with Crippen molar-refractivity contribution in [3.05, 3.63) is 53.4 Å². The molecule has 8 nitrogen and oxygen atoms in total. The molecule has 9 heteroatoms. The van der Waals surface area contributed by atoms with Crippen molar-refractivity contribution in [3.63, 3.8) is 0 Å². The summed E-state index contributed by atoms with van der Waals surface area (Å²) in [6.45, 7) is 4.34. The summed E-state index contributed by atoms with van der Waals surface area (Å²) in [4.78, 5) is 35.0. The SMILES string of the molecule is CC(=O)NCC(CN(C)C/C=C\C(=C(/C)F)c1ccc(CNC(=O)CCO)cc1)OC=O. The molecule has 0 aromatic heterocycles. The van der Waals surface area contributed by atoms with Gasteiger partial charge >= 0.3 is 0 Å². The molecule has 0 spiro atoms. The fraction of sp³-hybridized carbons (Fsp3) is 0.435. The summed E-state index contributed by atoms with van der Waals surface area (Å²) in [6, 6.07) is 7.17. The van der Waals surface area contributed by atoms with Gasteiger partial charge in [0.05, 0.1) is 13.2 Å². The Hall–Kier alpha value is -3.04. The van der Waals surface area contributed by atoms with Gasteiger partial charge in [-0.3, -0.25) is 19.3 Å². The Morgan fingerprint density at radius 2 is 1.91 bits per heavy atom. The van der Waals surface area contributed by atoms with Gasteiger partial charge in [0.15, 0.2) is 0 Å². The topological polar surface area (TPSA) is 108 Å². The molecule has 0 radical (unpaired) electrons. The van der Waals surface area contributed by atoms with Crippen molar-refractivity contribution in [2.45, 2.75) is 32.9 Å². The lowest BCUT2D eigenvalue weighted by molar-refractivity contribution is -0.135. The molecule has 0 saturated carbocycles. The number of likely N-dealkylation sites (N-methyl/N-ethyl adjacent to an activating group) is 1. The molecule has 1 atom stereocenters. The molecular formula is C23H32FN3O5. The van der Waals surface area contributed by atoms with Gasteiger partial charge in [0, 0.05) is 38.6 Å². The molecule has 2 amide bonds. The molecule has 0 aliphatic heterocycles. The van der Waals surface area contributed by atoms with E-state index in [1.807, 2.05) is 11.9 Å². The van der Waals surface area contributed by atoms with Crippen LogP contribution in [0.4, 0.5) is 4.39 Å². The Kier molecular flexibility index (Phi) is 12.5. The fourth-order valence-electron chi connectivity index (χ4n) is 2.87. The Labute approximate surface area is 188 Å². The summed E-state index contributed by atoms with van der Waals surface area (Å²) in [5, 5.41) is 14.1. The summed E-state index contributed by atoms with van der Waals surface area (Å²) >= 11 is 0. The maximum atomic E-state index is 14.1. The van der Waals surface area contributed by atoms with E-state index in [9.17, 15) is 18.8 Å². The normalized spacial score (nSPS) is 12.9. The largest absolute Gasteiger partial charge is 0.461 e. The van der Waals surface area contributed by atoms with Crippen LogP contribution in [0.5, 0.6) is 0 Å². The van der Waals surface area contributed by atoms with E-state index in [-0.39, 0.29) is 37.2 Å². The van der Waals surface area contributed by atoms with Crippen LogP contribution in [0.25, 0.3) is 5.57 Å². The summed E-state index contributed by atoms with van der Waals surface area (Å²) in [7, 11) is 1.82. The molecule has 0 aliphatic rings. The third kappa shape index (κ3) is 10.8. The van der Waals surface area contributed by atoms with E-state index in [0.29, 0.717) is 37.2 Å². The van der Waals surface area contributed by atoms with Crippen molar-refractivity contribution < 1.29 is 28.6 Å². The van der Waals surface area contributed by atoms with Gasteiger partial charge in [-0.1, -0.05) is 36.4 Å². The number of rotatable bonds is 14. The van der Waals surface area contributed by atoms with Gasteiger partial charge in [-0.25, -0.2) is 4.39 Å². The van der Waals surface area contributed by atoms with Gasteiger partial charge < -0.3 is 20.5 Å². The second kappa shape index (κ2) is 14.9. The monoisotopic (exact) mass is 449 g/mol. The highest BCUT2D eigenvalue weighted by Gasteiger charge is 2.12. The third-order valence-electron chi connectivity index (χ3n) is 4.51. The van der Waals surface area contributed by atoms with Crippen LogP contribution >= 0.6 is 0 Å². The number of nitrogens with one attached hydrogen (secondary N) is 2. The van der Waals surface area contributed by atoms with E-state index in [2.05, 4.69) is 10.6 Å². The van der Waals surface area contributed by atoms with Crippen LogP contribution in [0.15, 0.2) is 42.2 Å². The molecule has 1 aromatic carbocycles. The molecule has 0 aliphatic carbocycles. The summed E-state index contributed by atoms with van der Waals surface area (Å²) < 4.78 is 19.1. The minimum absolute atomic E-state index is 0.0561. The molecular weight excluding hydrogens is 417 g/mol. The van der Waals surface area contributed by atoms with Crippen LogP contribution in [0.2, 0.25) is 0 Å². The molecule has 0 fully saturated rings. The van der Waals surface area contributed by atoms with Gasteiger partial charge in [0.2, 0.25) is 11.8 Å². The first kappa shape index (κ1) is 27.0. The molecule has 0 bridgehead atoms. The lowest BCUT2D eigenvalue weighted by Gasteiger charge is -2.21. The van der Waals surface area contributed by atoms with Crippen LogP contribution in [-0.2, 0) is 25.7 Å². The van der Waals surface area contributed by atoms with Crippen molar-refractivity contribution in [3.8, 4) is 0 Å². The molecule has 1 aromatic rings. The number of amides is 2. The minimum atomic E-state index is -0.488. The first-order valence-corrected chi connectivity index (χ1v) is 10.3. The predicted molar refractivity (Wildman–Crippen MR) is 120 cm³/mol. The Morgan fingerprint density at radius 1 is 1.22 bits per heavy atom. The van der Waals surface area contributed by atoms with Gasteiger partial charge in [-0.2, -0.15) is 0 Å². The van der Waals surface area contributed by atoms with Gasteiger partial charge in [-0.15, -0.1) is 0 Å². The number of ether oxygens (including phenoxy) is 1. The number of hydrogen-bond donors (Lipinski definition) is 3. The molecule has 1 unspecified atom stereocenters. The van der Waals surface area contributed by atoms with Gasteiger partial charge in [-0.05, 0) is 25.1 Å². The average molecular weight is 450 g/mol. The first-order valence-electron chi connectivity index (χ1n) is 10.3. The molecule has 3 N–H and O–H groups in total. The van der Waals surface area contributed by atoms with E-state index in [0.717, 1.165) is 5.56 Å². The highest BCUT2D eigenvalue weighted by molar-refractivity contribution is 5.76. The van der Waals surface area contributed by atoms with Crippen molar-refractivity contribution in [1.82, 2.24) is 15.5 Å². The van der Waals surface area contributed by atoms with Gasteiger partial charge in [0.25, 0.3) is 6.47 Å². The predicted octanol–water partition coefficient (Wildman–Crippen LogP) is 1.55. The van der Waals surface area contributed by atoms with Crippen molar-refractivity contribution in [2.75, 3.05) is 33.3 Å². The van der Waals surface area contributed by atoms with Crippen LogP contribution in [-0.4, -0.2) is 67.7 Å². The fourth-order valence-corrected chi connectivity index (χ4v) is 2.87. The van der Waals surface area contributed by atoms with Crippen molar-refractivity contribution >= 4 is 23.9 Å². The number of hydrogen-bond acceptors (Lipinski definition) is 6. The van der Waals surface area contributed by atoms with Crippen LogP contribution in [0.1, 0.15) is 31.4 Å². The highest BCUT2D eigenvalue weighted by Crippen LogP contribution is 2.21. The highest BCUT2D eigenvalue weighted by atomic mass is 19.1. The van der Waals surface area contributed by atoms with E-state index >= 15 is 0 Å².